The molecule has 2 atom stereocenters. The van der Waals surface area contributed by atoms with E-state index in [9.17, 15) is 4.79 Å². The van der Waals surface area contributed by atoms with Crippen molar-refractivity contribution in [2.24, 2.45) is 0 Å². The third-order valence-corrected chi connectivity index (χ3v) is 5.91. The van der Waals surface area contributed by atoms with Crippen LogP contribution < -0.4 is 4.74 Å². The number of rotatable bonds is 4. The van der Waals surface area contributed by atoms with Gasteiger partial charge in [-0.3, -0.25) is 4.79 Å². The number of nitrogens with zero attached hydrogens (tertiary/aromatic N) is 2. The molecule has 0 radical (unpaired) electrons. The molecule has 0 N–H and O–H groups in total. The summed E-state index contributed by atoms with van der Waals surface area (Å²) in [7, 11) is 1.65. The van der Waals surface area contributed by atoms with E-state index in [0.29, 0.717) is 23.7 Å². The second-order valence-corrected chi connectivity index (χ2v) is 8.47. The fraction of sp³-hybridized carbons (Fsp3) is 0.320. The largest absolute Gasteiger partial charge is 0.497 e. The van der Waals surface area contributed by atoms with Crippen LogP contribution in [0.1, 0.15) is 29.9 Å². The predicted octanol–water partition coefficient (Wildman–Crippen LogP) is 5.36. The summed E-state index contributed by atoms with van der Waals surface area (Å²) in [5, 5.41) is 0.676. The van der Waals surface area contributed by atoms with Crippen molar-refractivity contribution < 1.29 is 14.3 Å². The molecule has 3 aromatic rings. The molecule has 4 rings (SSSR count). The molecule has 2 aromatic carbocycles. The first-order valence-corrected chi connectivity index (χ1v) is 10.8. The SMILES string of the molecule is COc1ccc(-n2c(-c3ccc(Cl)cc3)cc(C(=O)N3CC(C)OC(C)C3)c2C)cc1. The van der Waals surface area contributed by atoms with Crippen LogP contribution in [0.15, 0.2) is 54.6 Å². The van der Waals surface area contributed by atoms with Crippen molar-refractivity contribution in [1.82, 2.24) is 9.47 Å². The maximum absolute atomic E-state index is 13.5. The lowest BCUT2D eigenvalue weighted by molar-refractivity contribution is -0.0586. The number of aromatic nitrogens is 1. The Balaban J connectivity index is 1.81. The molecule has 5 nitrogen and oxygen atoms in total. The van der Waals surface area contributed by atoms with Crippen LogP contribution in [-0.4, -0.2) is 47.8 Å². The van der Waals surface area contributed by atoms with Crippen molar-refractivity contribution in [3.8, 4) is 22.7 Å². The lowest BCUT2D eigenvalue weighted by atomic mass is 10.1. The summed E-state index contributed by atoms with van der Waals surface area (Å²) < 4.78 is 13.2. The zero-order valence-electron chi connectivity index (χ0n) is 18.3. The molecule has 1 saturated heterocycles. The van der Waals surface area contributed by atoms with Gasteiger partial charge in [-0.2, -0.15) is 0 Å². The highest BCUT2D eigenvalue weighted by Gasteiger charge is 2.29. The van der Waals surface area contributed by atoms with Crippen LogP contribution in [-0.2, 0) is 4.74 Å². The third-order valence-electron chi connectivity index (χ3n) is 5.65. The third kappa shape index (κ3) is 4.34. The minimum Gasteiger partial charge on any atom is -0.497 e. The molecule has 1 aliphatic rings. The topological polar surface area (TPSA) is 43.7 Å². The Kier molecular flexibility index (Phi) is 6.08. The second-order valence-electron chi connectivity index (χ2n) is 8.04. The lowest BCUT2D eigenvalue weighted by Gasteiger charge is -2.35. The van der Waals surface area contributed by atoms with Crippen molar-refractivity contribution in [2.45, 2.75) is 33.0 Å². The number of methoxy groups -OCH3 is 1. The first-order valence-electron chi connectivity index (χ1n) is 10.4. The zero-order valence-corrected chi connectivity index (χ0v) is 19.0. The molecule has 0 saturated carbocycles. The number of carbonyl (C=O) groups is 1. The van der Waals surface area contributed by atoms with Crippen molar-refractivity contribution in [1.29, 1.82) is 0 Å². The number of ether oxygens (including phenoxy) is 2. The van der Waals surface area contributed by atoms with Crippen LogP contribution >= 0.6 is 11.6 Å². The fourth-order valence-corrected chi connectivity index (χ4v) is 4.36. The molecular formula is C25H27ClN2O3. The average molecular weight is 439 g/mol. The number of halogens is 1. The summed E-state index contributed by atoms with van der Waals surface area (Å²) in [5.74, 6) is 0.816. The van der Waals surface area contributed by atoms with Crippen molar-refractivity contribution in [3.63, 3.8) is 0 Å². The Hall–Kier alpha value is -2.76. The number of hydrogen-bond donors (Lipinski definition) is 0. The Morgan fingerprint density at radius 3 is 2.23 bits per heavy atom. The molecule has 6 heteroatoms. The predicted molar refractivity (Wildman–Crippen MR) is 123 cm³/mol. The molecule has 1 aliphatic heterocycles. The van der Waals surface area contributed by atoms with Gasteiger partial charge in [0.1, 0.15) is 5.75 Å². The van der Waals surface area contributed by atoms with Gasteiger partial charge >= 0.3 is 0 Å². The van der Waals surface area contributed by atoms with Gasteiger partial charge in [0, 0.05) is 29.5 Å². The molecular weight excluding hydrogens is 412 g/mol. The first kappa shape index (κ1) is 21.5. The van der Waals surface area contributed by atoms with E-state index in [2.05, 4.69) is 4.57 Å². The average Bonchev–Trinajstić information content (AvgIpc) is 3.10. The van der Waals surface area contributed by atoms with Crippen LogP contribution in [0.3, 0.4) is 0 Å². The standard InChI is InChI=1S/C25H27ClN2O3/c1-16-14-27(15-17(2)31-16)25(29)23-13-24(19-5-7-20(26)8-6-19)28(18(23)3)21-9-11-22(30-4)12-10-21/h5-13,16-17H,14-15H2,1-4H3. The van der Waals surface area contributed by atoms with Gasteiger partial charge in [-0.05, 0) is 68.8 Å². The molecule has 162 valence electrons. The van der Waals surface area contributed by atoms with E-state index in [1.54, 1.807) is 7.11 Å². The van der Waals surface area contributed by atoms with Gasteiger partial charge in [0.25, 0.3) is 5.91 Å². The maximum Gasteiger partial charge on any atom is 0.255 e. The molecule has 1 fully saturated rings. The van der Waals surface area contributed by atoms with Gasteiger partial charge in [-0.25, -0.2) is 0 Å². The Morgan fingerprint density at radius 2 is 1.65 bits per heavy atom. The van der Waals surface area contributed by atoms with Crippen LogP contribution in [0.4, 0.5) is 0 Å². The smallest absolute Gasteiger partial charge is 0.255 e. The first-order chi connectivity index (χ1) is 14.9. The summed E-state index contributed by atoms with van der Waals surface area (Å²) in [4.78, 5) is 15.4. The molecule has 2 unspecified atom stereocenters. The van der Waals surface area contributed by atoms with Crippen molar-refractivity contribution >= 4 is 17.5 Å². The summed E-state index contributed by atoms with van der Waals surface area (Å²) in [5.41, 5.74) is 4.49. The molecule has 1 amide bonds. The number of morpholine rings is 1. The molecule has 0 aliphatic carbocycles. The van der Waals surface area contributed by atoms with Gasteiger partial charge in [-0.15, -0.1) is 0 Å². The molecule has 31 heavy (non-hydrogen) atoms. The number of carbonyl (C=O) groups excluding carboxylic acids is 1. The van der Waals surface area contributed by atoms with Gasteiger partial charge in [0.2, 0.25) is 0 Å². The zero-order chi connectivity index (χ0) is 22.1. The van der Waals surface area contributed by atoms with Gasteiger partial charge in [0.05, 0.1) is 30.6 Å². The minimum atomic E-state index is 0.0208. The van der Waals surface area contributed by atoms with Crippen LogP contribution in [0.5, 0.6) is 5.75 Å². The van der Waals surface area contributed by atoms with Gasteiger partial charge in [-0.1, -0.05) is 23.7 Å². The molecule has 2 heterocycles. The summed E-state index contributed by atoms with van der Waals surface area (Å²) in [6, 6.07) is 17.5. The Bertz CT molecular complexity index is 1060. The summed E-state index contributed by atoms with van der Waals surface area (Å²) in [6.07, 6.45) is 0.0415. The lowest BCUT2D eigenvalue weighted by Crippen LogP contribution is -2.48. The van der Waals surface area contributed by atoms with E-state index in [4.69, 9.17) is 21.1 Å². The van der Waals surface area contributed by atoms with E-state index >= 15 is 0 Å². The quantitative estimate of drug-likeness (QED) is 0.550. The summed E-state index contributed by atoms with van der Waals surface area (Å²) >= 11 is 6.11. The Labute approximate surface area is 188 Å². The van der Waals surface area contributed by atoms with Gasteiger partial charge in [0.15, 0.2) is 0 Å². The second kappa shape index (κ2) is 8.77. The van der Waals surface area contributed by atoms with E-state index < -0.39 is 0 Å². The molecule has 0 spiro atoms. The van der Waals surface area contributed by atoms with Crippen molar-refractivity contribution in [3.05, 3.63) is 70.9 Å². The van der Waals surface area contributed by atoms with E-state index in [-0.39, 0.29) is 18.1 Å². The summed E-state index contributed by atoms with van der Waals surface area (Å²) in [6.45, 7) is 7.18. The maximum atomic E-state index is 13.5. The van der Waals surface area contributed by atoms with Crippen LogP contribution in [0.25, 0.3) is 16.9 Å². The van der Waals surface area contributed by atoms with Crippen LogP contribution in [0, 0.1) is 6.92 Å². The van der Waals surface area contributed by atoms with Gasteiger partial charge < -0.3 is 18.9 Å². The number of benzene rings is 2. The molecule has 1 aromatic heterocycles. The highest BCUT2D eigenvalue weighted by Crippen LogP contribution is 2.32. The number of hydrogen-bond acceptors (Lipinski definition) is 3. The van der Waals surface area contributed by atoms with Crippen LogP contribution in [0.2, 0.25) is 5.02 Å². The highest BCUT2D eigenvalue weighted by atomic mass is 35.5. The van der Waals surface area contributed by atoms with E-state index in [1.807, 2.05) is 80.3 Å². The minimum absolute atomic E-state index is 0.0208. The van der Waals surface area contributed by atoms with Crippen molar-refractivity contribution in [2.75, 3.05) is 20.2 Å². The Morgan fingerprint density at radius 1 is 1.03 bits per heavy atom. The van der Waals surface area contributed by atoms with E-state index in [1.165, 1.54) is 0 Å². The number of amides is 1. The molecule has 0 bridgehead atoms. The normalized spacial score (nSPS) is 18.8. The fourth-order valence-electron chi connectivity index (χ4n) is 4.23. The highest BCUT2D eigenvalue weighted by molar-refractivity contribution is 6.30. The monoisotopic (exact) mass is 438 g/mol. The van der Waals surface area contributed by atoms with E-state index in [0.717, 1.165) is 28.4 Å².